The molecule has 0 atom stereocenters. The lowest BCUT2D eigenvalue weighted by atomic mass is 9.41. The fourth-order valence-corrected chi connectivity index (χ4v) is 9.40. The van der Waals surface area contributed by atoms with Crippen molar-refractivity contribution in [1.82, 2.24) is 0 Å². The van der Waals surface area contributed by atoms with Crippen LogP contribution in [0.3, 0.4) is 0 Å². The van der Waals surface area contributed by atoms with Gasteiger partial charge in [-0.05, 0) is 82.8 Å². The number of para-hydroxylation sites is 3. The van der Waals surface area contributed by atoms with Crippen LogP contribution in [-0.4, -0.2) is 6.71 Å². The van der Waals surface area contributed by atoms with Gasteiger partial charge in [-0.3, -0.25) is 0 Å². The van der Waals surface area contributed by atoms with E-state index < -0.39 is 0 Å². The Morgan fingerprint density at radius 3 is 2.08 bits per heavy atom. The van der Waals surface area contributed by atoms with Crippen LogP contribution in [0.25, 0.3) is 75.3 Å². The fraction of sp³-hybridized carbons (Fsp3) is 0. The molecule has 2 aliphatic heterocycles. The van der Waals surface area contributed by atoms with Crippen LogP contribution < -0.4 is 21.7 Å². The van der Waals surface area contributed by atoms with Gasteiger partial charge >= 0.3 is 6.71 Å². The Bertz CT molecular complexity index is 3000. The molecule has 0 spiro atoms. The first kappa shape index (κ1) is 25.2. The van der Waals surface area contributed by atoms with Crippen LogP contribution in [0.5, 0.6) is 0 Å². The van der Waals surface area contributed by atoms with E-state index >= 15 is 0 Å². The minimum absolute atomic E-state index is 0.174. The topological polar surface area (TPSA) is 42.7 Å². The van der Waals surface area contributed by atoms with Crippen LogP contribution in [0, 0.1) is 0 Å². The normalized spacial score (nSPS) is 13.3. The summed E-state index contributed by atoms with van der Waals surface area (Å²) in [6.45, 7) is -0.174. The quantitative estimate of drug-likeness (QED) is 0.178. The van der Waals surface area contributed by atoms with Gasteiger partial charge in [0.25, 0.3) is 0 Å². The van der Waals surface area contributed by atoms with Crippen LogP contribution in [-0.2, 0) is 0 Å². The fourth-order valence-electron chi connectivity index (χ4n) is 8.32. The first-order chi connectivity index (χ1) is 23.8. The molecule has 10 aromatic rings. The molecule has 12 rings (SSSR count). The summed E-state index contributed by atoms with van der Waals surface area (Å²) in [6.07, 6.45) is 1.89. The second kappa shape index (κ2) is 8.88. The van der Waals surface area contributed by atoms with E-state index in [-0.39, 0.29) is 6.71 Å². The second-order valence-corrected chi connectivity index (χ2v) is 13.9. The Morgan fingerprint density at radius 1 is 0.521 bits per heavy atom. The predicted molar refractivity (Wildman–Crippen MR) is 199 cm³/mol. The highest BCUT2D eigenvalue weighted by Crippen LogP contribution is 2.49. The molecule has 0 amide bonds. The van der Waals surface area contributed by atoms with Gasteiger partial charge in [-0.1, -0.05) is 66.7 Å². The van der Waals surface area contributed by atoms with Gasteiger partial charge in [-0.25, -0.2) is 0 Å². The lowest BCUT2D eigenvalue weighted by Gasteiger charge is -2.32. The summed E-state index contributed by atoms with van der Waals surface area (Å²) in [5.74, 6) is 0. The van der Waals surface area contributed by atoms with Crippen molar-refractivity contribution in [3.05, 3.63) is 134 Å². The van der Waals surface area contributed by atoms with E-state index in [4.69, 9.17) is 13.3 Å². The van der Waals surface area contributed by atoms with Crippen molar-refractivity contribution >= 4 is 105 Å². The first-order valence-electron chi connectivity index (χ1n) is 16.2. The third-order valence-corrected chi connectivity index (χ3v) is 11.5. The smallest absolute Gasteiger partial charge is 0.338 e. The molecule has 48 heavy (non-hydrogen) atoms. The molecular weight excluding hydrogens is 609 g/mol. The Balaban J connectivity index is 1.22. The molecule has 6 heteroatoms. The summed E-state index contributed by atoms with van der Waals surface area (Å²) in [4.78, 5) is 2.37. The van der Waals surface area contributed by atoms with Crippen LogP contribution >= 0.6 is 11.3 Å². The van der Waals surface area contributed by atoms with E-state index in [1.807, 2.05) is 41.9 Å². The number of thiophene rings is 1. The van der Waals surface area contributed by atoms with Crippen LogP contribution in [0.2, 0.25) is 0 Å². The summed E-state index contributed by atoms with van der Waals surface area (Å²) in [5.41, 5.74) is 13.5. The number of rotatable bonds is 2. The first-order valence-corrected chi connectivity index (χ1v) is 17.0. The van der Waals surface area contributed by atoms with Gasteiger partial charge in [-0.15, -0.1) is 11.3 Å². The lowest BCUT2D eigenvalue weighted by molar-refractivity contribution is 0.616. The molecule has 0 aliphatic carbocycles. The molecule has 0 bridgehead atoms. The minimum Gasteiger partial charge on any atom is -0.469 e. The number of nitrogens with zero attached hydrogens (tertiary/aromatic N) is 1. The SMILES string of the molecule is c1ccc2c(N3c4cc(-c5ccc6sc7ccccc7c6c5)cc5c4B(c4oc6ccccc6c4-5)c4oc5ccccc5c43)coc2c1. The summed E-state index contributed by atoms with van der Waals surface area (Å²) < 4.78 is 22.4. The molecule has 222 valence electrons. The molecule has 4 nitrogen and oxygen atoms in total. The van der Waals surface area contributed by atoms with Crippen molar-refractivity contribution in [2.75, 3.05) is 4.90 Å². The highest BCUT2D eigenvalue weighted by atomic mass is 32.1. The van der Waals surface area contributed by atoms with Crippen molar-refractivity contribution in [2.45, 2.75) is 0 Å². The third kappa shape index (κ3) is 3.11. The van der Waals surface area contributed by atoms with E-state index in [9.17, 15) is 0 Å². The number of fused-ring (bicyclic) bond motifs is 13. The van der Waals surface area contributed by atoms with Crippen molar-refractivity contribution in [1.29, 1.82) is 0 Å². The molecule has 0 N–H and O–H groups in total. The Kier molecular flexibility index (Phi) is 4.65. The zero-order valence-electron chi connectivity index (χ0n) is 25.4. The van der Waals surface area contributed by atoms with E-state index in [0.29, 0.717) is 0 Å². The van der Waals surface area contributed by atoms with E-state index in [1.54, 1.807) is 0 Å². The standard InChI is InChI=1S/C42H22BNO3S/c1-5-13-33-26(10-1)32(22-45-33)44-31-21-24(23-17-18-37-29(19-23)25-9-4-8-16-36(25)48-37)20-30-38-27-11-2-6-14-34(27)46-41(38)43(39(30)31)42-40(44)28-12-3-7-15-35(28)47-42/h1-22H. The second-order valence-electron chi connectivity index (χ2n) is 12.8. The average Bonchev–Trinajstić information content (AvgIpc) is 3.94. The molecule has 0 fully saturated rings. The molecule has 6 heterocycles. The highest BCUT2D eigenvalue weighted by molar-refractivity contribution is 7.25. The van der Waals surface area contributed by atoms with E-state index in [1.165, 1.54) is 36.8 Å². The maximum Gasteiger partial charge on any atom is 0.338 e. The Hall–Kier alpha value is -5.98. The molecular formula is C42H22BNO3S. The average molecular weight is 632 g/mol. The molecule has 0 radical (unpaired) electrons. The predicted octanol–water partition coefficient (Wildman–Crippen LogP) is 10.2. The summed E-state index contributed by atoms with van der Waals surface area (Å²) in [5, 5.41) is 5.82. The zero-order valence-corrected chi connectivity index (χ0v) is 26.2. The molecule has 0 unspecified atom stereocenters. The largest absolute Gasteiger partial charge is 0.469 e. The number of furan rings is 3. The van der Waals surface area contributed by atoms with E-state index in [0.717, 1.165) is 72.4 Å². The number of hydrogen-bond donors (Lipinski definition) is 0. The van der Waals surface area contributed by atoms with Gasteiger partial charge in [0.15, 0.2) is 0 Å². The lowest BCUT2D eigenvalue weighted by Crippen LogP contribution is -2.53. The Labute approximate surface area is 278 Å². The van der Waals surface area contributed by atoms with Gasteiger partial charge in [-0.2, -0.15) is 0 Å². The number of benzene rings is 6. The monoisotopic (exact) mass is 631 g/mol. The Morgan fingerprint density at radius 2 is 1.21 bits per heavy atom. The maximum atomic E-state index is 6.84. The highest BCUT2D eigenvalue weighted by Gasteiger charge is 2.50. The van der Waals surface area contributed by atoms with Crippen LogP contribution in [0.4, 0.5) is 17.1 Å². The van der Waals surface area contributed by atoms with Gasteiger partial charge < -0.3 is 18.2 Å². The minimum atomic E-state index is -0.174. The molecule has 6 aromatic carbocycles. The van der Waals surface area contributed by atoms with Crippen LogP contribution in [0.1, 0.15) is 0 Å². The van der Waals surface area contributed by atoms with Gasteiger partial charge in [0.05, 0.1) is 17.0 Å². The van der Waals surface area contributed by atoms with Gasteiger partial charge in [0.1, 0.15) is 28.7 Å². The van der Waals surface area contributed by atoms with Crippen LogP contribution in [0.15, 0.2) is 147 Å². The van der Waals surface area contributed by atoms with E-state index in [2.05, 4.69) is 108 Å². The summed E-state index contributed by atoms with van der Waals surface area (Å²) in [7, 11) is 0. The van der Waals surface area contributed by atoms with Crippen molar-refractivity contribution < 1.29 is 13.3 Å². The zero-order chi connectivity index (χ0) is 31.1. The third-order valence-electron chi connectivity index (χ3n) is 10.3. The van der Waals surface area contributed by atoms with Gasteiger partial charge in [0.2, 0.25) is 0 Å². The van der Waals surface area contributed by atoms with Gasteiger partial charge in [0, 0.05) is 47.6 Å². The molecule has 2 aliphatic rings. The molecule has 0 saturated heterocycles. The number of hydrogen-bond acceptors (Lipinski definition) is 5. The number of anilines is 3. The molecule has 0 saturated carbocycles. The summed E-state index contributed by atoms with van der Waals surface area (Å²) in [6, 6.07) is 45.3. The van der Waals surface area contributed by atoms with Crippen molar-refractivity contribution in [3.63, 3.8) is 0 Å². The van der Waals surface area contributed by atoms with Crippen molar-refractivity contribution in [2.24, 2.45) is 0 Å². The molecule has 4 aromatic heterocycles. The summed E-state index contributed by atoms with van der Waals surface area (Å²) >= 11 is 1.85. The maximum absolute atomic E-state index is 6.84. The van der Waals surface area contributed by atoms with Crippen molar-refractivity contribution in [3.8, 4) is 22.3 Å².